The third-order valence-electron chi connectivity index (χ3n) is 2.08. The van der Waals surface area contributed by atoms with Crippen LogP contribution in [0.4, 0.5) is 0 Å². The van der Waals surface area contributed by atoms with E-state index >= 15 is 0 Å². The van der Waals surface area contributed by atoms with Crippen molar-refractivity contribution in [3.63, 3.8) is 0 Å². The zero-order valence-corrected chi connectivity index (χ0v) is 9.60. The lowest BCUT2D eigenvalue weighted by molar-refractivity contribution is -0.136. The molecule has 0 unspecified atom stereocenters. The van der Waals surface area contributed by atoms with Crippen LogP contribution in [0.5, 0.6) is 0 Å². The van der Waals surface area contributed by atoms with Crippen molar-refractivity contribution in [1.82, 2.24) is 0 Å². The van der Waals surface area contributed by atoms with Gasteiger partial charge in [0.1, 0.15) is 0 Å². The first-order valence-corrected chi connectivity index (χ1v) is 5.20. The molecule has 0 amide bonds. The topological polar surface area (TPSA) is 35.5 Å². The van der Waals surface area contributed by atoms with Crippen LogP contribution in [0.2, 0.25) is 0 Å². The summed E-state index contributed by atoms with van der Waals surface area (Å²) in [6, 6.07) is 9.73. The summed E-state index contributed by atoms with van der Waals surface area (Å²) in [6.07, 6.45) is 1.99. The van der Waals surface area contributed by atoms with Crippen LogP contribution in [-0.4, -0.2) is 19.7 Å². The van der Waals surface area contributed by atoms with Gasteiger partial charge in [-0.05, 0) is 12.5 Å². The summed E-state index contributed by atoms with van der Waals surface area (Å²) in [4.78, 5) is 11.5. The molecule has 0 aliphatic rings. The fraction of sp³-hybridized carbons (Fsp3) is 0.308. The van der Waals surface area contributed by atoms with E-state index in [0.29, 0.717) is 18.6 Å². The number of ether oxygens (including phenoxy) is 2. The fourth-order valence-electron chi connectivity index (χ4n) is 1.29. The zero-order valence-electron chi connectivity index (χ0n) is 9.60. The smallest absolute Gasteiger partial charge is 0.337 e. The third-order valence-corrected chi connectivity index (χ3v) is 2.08. The van der Waals surface area contributed by atoms with Crippen LogP contribution >= 0.6 is 0 Å². The van der Waals surface area contributed by atoms with Gasteiger partial charge in [0.15, 0.2) is 0 Å². The van der Waals surface area contributed by atoms with Crippen molar-refractivity contribution >= 4 is 5.97 Å². The van der Waals surface area contributed by atoms with Gasteiger partial charge < -0.3 is 9.47 Å². The second-order valence-corrected chi connectivity index (χ2v) is 3.25. The lowest BCUT2D eigenvalue weighted by atomic mass is 10.1. The third kappa shape index (κ3) is 3.77. The molecule has 0 aromatic heterocycles. The molecule has 0 atom stereocenters. The van der Waals surface area contributed by atoms with E-state index in [1.54, 1.807) is 0 Å². The Balaban J connectivity index is 2.75. The normalized spacial score (nSPS) is 11.0. The van der Waals surface area contributed by atoms with E-state index in [-0.39, 0.29) is 5.97 Å². The first-order valence-electron chi connectivity index (χ1n) is 5.20. The first-order chi connectivity index (χ1) is 7.77. The van der Waals surface area contributed by atoms with Crippen LogP contribution in [0.25, 0.3) is 0 Å². The maximum absolute atomic E-state index is 11.5. The average Bonchev–Trinajstić information content (AvgIpc) is 2.34. The molecule has 0 spiro atoms. The Morgan fingerprint density at radius 3 is 2.56 bits per heavy atom. The van der Waals surface area contributed by atoms with Gasteiger partial charge in [-0.2, -0.15) is 0 Å². The highest BCUT2D eigenvalue weighted by Gasteiger charge is 2.10. The molecular weight excluding hydrogens is 204 g/mol. The minimum atomic E-state index is -0.350. The van der Waals surface area contributed by atoms with E-state index < -0.39 is 0 Å². The Morgan fingerprint density at radius 1 is 1.31 bits per heavy atom. The number of esters is 1. The summed E-state index contributed by atoms with van der Waals surface area (Å²) >= 11 is 0. The van der Waals surface area contributed by atoms with Gasteiger partial charge in [-0.3, -0.25) is 0 Å². The summed E-state index contributed by atoms with van der Waals surface area (Å²) in [6.45, 7) is 2.41. The maximum atomic E-state index is 11.5. The van der Waals surface area contributed by atoms with E-state index in [1.165, 1.54) is 13.4 Å². The lowest BCUT2D eigenvalue weighted by Crippen LogP contribution is -2.08. The summed E-state index contributed by atoms with van der Waals surface area (Å²) in [7, 11) is 1.37. The van der Waals surface area contributed by atoms with Crippen LogP contribution in [0.3, 0.4) is 0 Å². The molecule has 16 heavy (non-hydrogen) atoms. The van der Waals surface area contributed by atoms with E-state index in [9.17, 15) is 4.79 Å². The molecule has 1 aromatic rings. The van der Waals surface area contributed by atoms with Crippen LogP contribution < -0.4 is 0 Å². The number of hydrogen-bond acceptors (Lipinski definition) is 3. The fourth-order valence-corrected chi connectivity index (χ4v) is 1.29. The predicted octanol–water partition coefficient (Wildman–Crippen LogP) is 2.32. The minimum absolute atomic E-state index is 0.350. The van der Waals surface area contributed by atoms with Gasteiger partial charge in [-0.1, -0.05) is 30.3 Å². The molecule has 0 aliphatic heterocycles. The summed E-state index contributed by atoms with van der Waals surface area (Å²) in [5.41, 5.74) is 1.58. The van der Waals surface area contributed by atoms with Crippen LogP contribution in [0.1, 0.15) is 12.5 Å². The van der Waals surface area contributed by atoms with Crippen LogP contribution in [-0.2, 0) is 20.7 Å². The number of carbonyl (C=O) groups excluding carboxylic acids is 1. The van der Waals surface area contributed by atoms with Gasteiger partial charge in [-0.25, -0.2) is 4.79 Å². The van der Waals surface area contributed by atoms with Crippen molar-refractivity contribution in [2.24, 2.45) is 0 Å². The minimum Gasteiger partial charge on any atom is -0.501 e. The van der Waals surface area contributed by atoms with Crippen molar-refractivity contribution in [2.75, 3.05) is 13.7 Å². The monoisotopic (exact) mass is 220 g/mol. The van der Waals surface area contributed by atoms with Gasteiger partial charge in [0.05, 0.1) is 25.6 Å². The molecule has 0 aliphatic carbocycles. The van der Waals surface area contributed by atoms with Crippen molar-refractivity contribution in [2.45, 2.75) is 13.3 Å². The van der Waals surface area contributed by atoms with Crippen LogP contribution in [0, 0.1) is 0 Å². The van der Waals surface area contributed by atoms with Gasteiger partial charge in [0.2, 0.25) is 0 Å². The van der Waals surface area contributed by atoms with Gasteiger partial charge in [0, 0.05) is 6.42 Å². The maximum Gasteiger partial charge on any atom is 0.337 e. The van der Waals surface area contributed by atoms with Gasteiger partial charge in [0.25, 0.3) is 0 Å². The molecule has 1 aromatic carbocycles. The Bertz CT molecular complexity index is 355. The van der Waals surface area contributed by atoms with Crippen LogP contribution in [0.15, 0.2) is 42.2 Å². The van der Waals surface area contributed by atoms with Crippen molar-refractivity contribution in [1.29, 1.82) is 0 Å². The van der Waals surface area contributed by atoms with Crippen molar-refractivity contribution in [3.05, 3.63) is 47.7 Å². The first kappa shape index (κ1) is 12.3. The molecule has 0 N–H and O–H groups in total. The molecule has 86 valence electrons. The number of benzene rings is 1. The molecule has 0 saturated carbocycles. The van der Waals surface area contributed by atoms with Crippen molar-refractivity contribution in [3.8, 4) is 0 Å². The molecular formula is C13H16O3. The number of hydrogen-bond donors (Lipinski definition) is 0. The molecule has 1 rings (SSSR count). The Morgan fingerprint density at radius 2 is 2.00 bits per heavy atom. The Labute approximate surface area is 95.7 Å². The summed E-state index contributed by atoms with van der Waals surface area (Å²) in [5.74, 6) is -0.350. The molecule has 0 bridgehead atoms. The van der Waals surface area contributed by atoms with Gasteiger partial charge in [-0.15, -0.1) is 0 Å². The highest BCUT2D eigenvalue weighted by molar-refractivity contribution is 5.88. The van der Waals surface area contributed by atoms with Crippen molar-refractivity contribution < 1.29 is 14.3 Å². The number of rotatable bonds is 5. The number of methoxy groups -OCH3 is 1. The van der Waals surface area contributed by atoms with E-state index in [0.717, 1.165) is 5.56 Å². The molecule has 0 fully saturated rings. The highest BCUT2D eigenvalue weighted by Crippen LogP contribution is 2.09. The quantitative estimate of drug-likeness (QED) is 0.434. The highest BCUT2D eigenvalue weighted by atomic mass is 16.5. The molecule has 0 radical (unpaired) electrons. The molecule has 3 nitrogen and oxygen atoms in total. The SMILES string of the molecule is CCO/C=C(/Cc1ccccc1)C(=O)OC. The predicted molar refractivity (Wildman–Crippen MR) is 61.9 cm³/mol. The lowest BCUT2D eigenvalue weighted by Gasteiger charge is -2.05. The molecule has 0 saturated heterocycles. The molecule has 0 heterocycles. The van der Waals surface area contributed by atoms with E-state index in [1.807, 2.05) is 37.3 Å². The van der Waals surface area contributed by atoms with E-state index in [4.69, 9.17) is 9.47 Å². The van der Waals surface area contributed by atoms with Gasteiger partial charge >= 0.3 is 5.97 Å². The summed E-state index contributed by atoms with van der Waals surface area (Å²) in [5, 5.41) is 0. The zero-order chi connectivity index (χ0) is 11.8. The molecule has 3 heteroatoms. The van der Waals surface area contributed by atoms with E-state index in [2.05, 4.69) is 0 Å². The second kappa shape index (κ2) is 6.67. The largest absolute Gasteiger partial charge is 0.501 e. The Kier molecular flexibility index (Phi) is 5.12. The number of carbonyl (C=O) groups is 1. The second-order valence-electron chi connectivity index (χ2n) is 3.25. The summed E-state index contributed by atoms with van der Waals surface area (Å²) < 4.78 is 9.82. The standard InChI is InChI=1S/C13H16O3/c1-3-16-10-12(13(14)15-2)9-11-7-5-4-6-8-11/h4-8,10H,3,9H2,1-2H3/b12-10-. The Hall–Kier alpha value is -1.77. The average molecular weight is 220 g/mol.